The monoisotopic (exact) mass is 457 g/mol. The molecule has 0 fully saturated rings. The van der Waals surface area contributed by atoms with Gasteiger partial charge in [-0.3, -0.25) is 19.3 Å². The van der Waals surface area contributed by atoms with Gasteiger partial charge in [0.25, 0.3) is 11.8 Å². The lowest BCUT2D eigenvalue weighted by Crippen LogP contribution is -2.43. The number of anilines is 2. The fraction of sp³-hybridized carbons (Fsp3) is 0.304. The molecule has 0 spiro atoms. The number of fused-ring (bicyclic) bond motifs is 1. The number of pyridine rings is 1. The van der Waals surface area contributed by atoms with Gasteiger partial charge in [-0.25, -0.2) is 0 Å². The molecule has 0 bridgehead atoms. The van der Waals surface area contributed by atoms with Gasteiger partial charge in [0.2, 0.25) is 0 Å². The number of benzene rings is 1. The first-order chi connectivity index (χ1) is 15.5. The van der Waals surface area contributed by atoms with E-state index >= 15 is 0 Å². The first kappa shape index (κ1) is 22.5. The van der Waals surface area contributed by atoms with Crippen LogP contribution in [0.5, 0.6) is 0 Å². The molecule has 1 aromatic carbocycles. The summed E-state index contributed by atoms with van der Waals surface area (Å²) in [5.74, 6) is -1.01. The van der Waals surface area contributed by atoms with E-state index in [1.54, 1.807) is 26.0 Å². The van der Waals surface area contributed by atoms with E-state index in [1.165, 1.54) is 34.8 Å². The van der Waals surface area contributed by atoms with Crippen LogP contribution in [-0.2, 0) is 6.18 Å². The molecular weight excluding hydrogens is 435 g/mol. The van der Waals surface area contributed by atoms with Gasteiger partial charge in [-0.05, 0) is 63.6 Å². The van der Waals surface area contributed by atoms with E-state index in [0.717, 1.165) is 17.5 Å². The van der Waals surface area contributed by atoms with Crippen LogP contribution in [0.25, 0.3) is 0 Å². The molecule has 172 valence electrons. The number of carbonyl (C=O) groups is 2. The van der Waals surface area contributed by atoms with Crippen LogP contribution < -0.4 is 10.2 Å². The number of amides is 2. The molecule has 7 nitrogen and oxygen atoms in total. The van der Waals surface area contributed by atoms with Gasteiger partial charge in [-0.1, -0.05) is 0 Å². The number of nitrogens with one attached hydrogen (secondary N) is 1. The number of hydrogen-bond donors (Lipinski definition) is 1. The van der Waals surface area contributed by atoms with Gasteiger partial charge in [-0.2, -0.15) is 18.3 Å². The Balaban J connectivity index is 1.67. The Morgan fingerprint density at radius 3 is 2.39 bits per heavy atom. The molecule has 3 aromatic rings. The lowest BCUT2D eigenvalue weighted by Gasteiger charge is -2.32. The summed E-state index contributed by atoms with van der Waals surface area (Å²) in [5, 5.41) is 7.00. The van der Waals surface area contributed by atoms with Gasteiger partial charge in [0.15, 0.2) is 0 Å². The highest BCUT2D eigenvalue weighted by molar-refractivity contribution is 6.15. The molecule has 0 saturated carbocycles. The molecule has 2 aromatic heterocycles. The standard InChI is InChI=1S/C23H22F3N5O2/c1-12-7-17(5-6-19(12)23(24,25)26)30-11-15(4)31-20(22(30)33)18(10-27-31)21(32)29-16-8-13(2)28-14(3)9-16/h5-10,15H,11H2,1-4H3,(H,28,29,32)/t15-/m0/s1. The topological polar surface area (TPSA) is 80.1 Å². The lowest BCUT2D eigenvalue weighted by atomic mass is 10.0. The number of halogens is 3. The van der Waals surface area contributed by atoms with E-state index in [4.69, 9.17) is 0 Å². The van der Waals surface area contributed by atoms with Crippen LogP contribution in [0.2, 0.25) is 0 Å². The Hall–Kier alpha value is -3.69. The van der Waals surface area contributed by atoms with Gasteiger partial charge in [0.1, 0.15) is 5.69 Å². The van der Waals surface area contributed by atoms with Crippen LogP contribution in [0.3, 0.4) is 0 Å². The second-order valence-electron chi connectivity index (χ2n) is 8.21. The molecule has 1 atom stereocenters. The van der Waals surface area contributed by atoms with Gasteiger partial charge in [0, 0.05) is 29.3 Å². The molecule has 1 aliphatic rings. The molecular formula is C23H22F3N5O2. The number of rotatable bonds is 3. The Morgan fingerprint density at radius 2 is 1.79 bits per heavy atom. The molecule has 1 N–H and O–H groups in total. The molecule has 0 saturated heterocycles. The second kappa shape index (κ2) is 8.02. The van der Waals surface area contributed by atoms with Gasteiger partial charge in [-0.15, -0.1) is 0 Å². The van der Waals surface area contributed by atoms with E-state index in [9.17, 15) is 22.8 Å². The highest BCUT2D eigenvalue weighted by atomic mass is 19.4. The summed E-state index contributed by atoms with van der Waals surface area (Å²) in [4.78, 5) is 32.0. The molecule has 1 aliphatic heterocycles. The predicted molar refractivity (Wildman–Crippen MR) is 116 cm³/mol. The van der Waals surface area contributed by atoms with E-state index in [0.29, 0.717) is 11.4 Å². The van der Waals surface area contributed by atoms with Crippen LogP contribution in [-0.4, -0.2) is 33.1 Å². The Morgan fingerprint density at radius 1 is 1.12 bits per heavy atom. The lowest BCUT2D eigenvalue weighted by molar-refractivity contribution is -0.138. The van der Waals surface area contributed by atoms with Crippen LogP contribution in [0, 0.1) is 20.8 Å². The number of aromatic nitrogens is 3. The maximum atomic E-state index is 13.4. The average molecular weight is 457 g/mol. The summed E-state index contributed by atoms with van der Waals surface area (Å²) in [5.41, 5.74) is 1.77. The van der Waals surface area contributed by atoms with Crippen molar-refractivity contribution in [2.75, 3.05) is 16.8 Å². The van der Waals surface area contributed by atoms with Crippen molar-refractivity contribution in [3.8, 4) is 0 Å². The zero-order valence-corrected chi connectivity index (χ0v) is 18.5. The van der Waals surface area contributed by atoms with Crippen molar-refractivity contribution in [3.05, 3.63) is 70.3 Å². The smallest absolute Gasteiger partial charge is 0.322 e. The van der Waals surface area contributed by atoms with Crippen LogP contribution in [0.15, 0.2) is 36.5 Å². The molecule has 2 amide bonds. The molecule has 0 aliphatic carbocycles. The predicted octanol–water partition coefficient (Wildman–Crippen LogP) is 4.70. The third-order valence-electron chi connectivity index (χ3n) is 5.52. The minimum absolute atomic E-state index is 0.0147. The number of nitrogens with zero attached hydrogens (tertiary/aromatic N) is 4. The van der Waals surface area contributed by atoms with Crippen molar-refractivity contribution >= 4 is 23.2 Å². The highest BCUT2D eigenvalue weighted by Crippen LogP contribution is 2.35. The van der Waals surface area contributed by atoms with Crippen molar-refractivity contribution in [2.24, 2.45) is 0 Å². The number of carbonyl (C=O) groups excluding carboxylic acids is 2. The molecule has 33 heavy (non-hydrogen) atoms. The molecule has 0 unspecified atom stereocenters. The van der Waals surface area contributed by atoms with E-state index in [1.807, 2.05) is 6.92 Å². The fourth-order valence-corrected chi connectivity index (χ4v) is 4.09. The second-order valence-corrected chi connectivity index (χ2v) is 8.21. The van der Waals surface area contributed by atoms with Crippen molar-refractivity contribution < 1.29 is 22.8 Å². The van der Waals surface area contributed by atoms with E-state index < -0.39 is 23.6 Å². The van der Waals surface area contributed by atoms with Crippen molar-refractivity contribution in [2.45, 2.75) is 39.9 Å². The fourth-order valence-electron chi connectivity index (χ4n) is 4.09. The summed E-state index contributed by atoms with van der Waals surface area (Å²) in [6.07, 6.45) is -3.14. The zero-order chi connectivity index (χ0) is 24.1. The number of hydrogen-bond acceptors (Lipinski definition) is 4. The van der Waals surface area contributed by atoms with Gasteiger partial charge >= 0.3 is 6.18 Å². The summed E-state index contributed by atoms with van der Waals surface area (Å²) in [6, 6.07) is 6.71. The summed E-state index contributed by atoms with van der Waals surface area (Å²) < 4.78 is 40.9. The third-order valence-corrected chi connectivity index (χ3v) is 5.52. The maximum absolute atomic E-state index is 13.4. The molecule has 10 heteroatoms. The Kier molecular flexibility index (Phi) is 5.47. The summed E-state index contributed by atoms with van der Waals surface area (Å²) in [7, 11) is 0. The largest absolute Gasteiger partial charge is 0.416 e. The van der Waals surface area contributed by atoms with Crippen LogP contribution >= 0.6 is 0 Å². The van der Waals surface area contributed by atoms with E-state index in [-0.39, 0.29) is 29.4 Å². The first-order valence-electron chi connectivity index (χ1n) is 10.3. The molecule has 3 heterocycles. The van der Waals surface area contributed by atoms with Crippen LogP contribution in [0.1, 0.15) is 56.3 Å². The summed E-state index contributed by atoms with van der Waals surface area (Å²) >= 11 is 0. The molecule has 4 rings (SSSR count). The number of aryl methyl sites for hydroxylation is 3. The van der Waals surface area contributed by atoms with Crippen LogP contribution in [0.4, 0.5) is 24.5 Å². The first-order valence-corrected chi connectivity index (χ1v) is 10.3. The minimum Gasteiger partial charge on any atom is -0.322 e. The highest BCUT2D eigenvalue weighted by Gasteiger charge is 2.37. The molecule has 0 radical (unpaired) electrons. The number of alkyl halides is 3. The quantitative estimate of drug-likeness (QED) is 0.619. The summed E-state index contributed by atoms with van der Waals surface area (Å²) in [6.45, 7) is 7.00. The van der Waals surface area contributed by atoms with Gasteiger partial charge < -0.3 is 10.2 Å². The maximum Gasteiger partial charge on any atom is 0.416 e. The zero-order valence-electron chi connectivity index (χ0n) is 18.5. The van der Waals surface area contributed by atoms with Crippen molar-refractivity contribution in [1.82, 2.24) is 14.8 Å². The normalized spacial score (nSPS) is 16.0. The van der Waals surface area contributed by atoms with Crippen molar-refractivity contribution in [3.63, 3.8) is 0 Å². The average Bonchev–Trinajstić information content (AvgIpc) is 3.15. The Labute approximate surface area is 188 Å². The third kappa shape index (κ3) is 4.20. The minimum atomic E-state index is -4.48. The Bertz CT molecular complexity index is 1250. The van der Waals surface area contributed by atoms with Gasteiger partial charge in [0.05, 0.1) is 23.4 Å². The van der Waals surface area contributed by atoms with E-state index in [2.05, 4.69) is 15.4 Å². The SMILES string of the molecule is Cc1cc(NC(=O)c2cnn3c2C(=O)N(c2ccc(C(F)(F)F)c(C)c2)C[C@@H]3C)cc(C)n1. The van der Waals surface area contributed by atoms with Crippen molar-refractivity contribution in [1.29, 1.82) is 0 Å².